The van der Waals surface area contributed by atoms with Crippen molar-refractivity contribution in [1.82, 2.24) is 19.7 Å². The summed E-state index contributed by atoms with van der Waals surface area (Å²) in [7, 11) is 0. The molecule has 6 rings (SSSR count). The van der Waals surface area contributed by atoms with Crippen molar-refractivity contribution in [2.24, 2.45) is 0 Å². The number of ether oxygens (including phenoxy) is 1. The van der Waals surface area contributed by atoms with E-state index >= 15 is 0 Å². The molecule has 2 aromatic carbocycles. The maximum Gasteiger partial charge on any atom is 0.226 e. The summed E-state index contributed by atoms with van der Waals surface area (Å²) in [6.07, 6.45) is 7.07. The van der Waals surface area contributed by atoms with Crippen molar-refractivity contribution in [1.29, 1.82) is 0 Å². The van der Waals surface area contributed by atoms with Crippen molar-refractivity contribution in [2.75, 3.05) is 11.6 Å². The third kappa shape index (κ3) is 2.92. The molecule has 0 fully saturated rings. The summed E-state index contributed by atoms with van der Waals surface area (Å²) in [5, 5.41) is 8.06. The fourth-order valence-corrected chi connectivity index (χ4v) is 4.74. The van der Waals surface area contributed by atoms with Gasteiger partial charge in [-0.3, -0.25) is 4.98 Å². The van der Waals surface area contributed by atoms with Crippen molar-refractivity contribution in [2.45, 2.75) is 17.0 Å². The van der Waals surface area contributed by atoms with Crippen molar-refractivity contribution in [3.05, 3.63) is 102 Å². The average molecular weight is 426 g/mol. The highest BCUT2D eigenvalue weighted by atomic mass is 32.2. The highest BCUT2D eigenvalue weighted by molar-refractivity contribution is 7.98. The van der Waals surface area contributed by atoms with Crippen molar-refractivity contribution in [3.63, 3.8) is 0 Å². The summed E-state index contributed by atoms with van der Waals surface area (Å²) in [6.45, 7) is 0. The molecule has 7 heteroatoms. The number of anilines is 1. The average Bonchev–Trinajstić information content (AvgIpc) is 3.31. The second-order valence-corrected chi connectivity index (χ2v) is 8.32. The highest BCUT2D eigenvalue weighted by Gasteiger charge is 2.40. The molecule has 0 spiro atoms. The predicted octanol–water partition coefficient (Wildman–Crippen LogP) is 4.95. The van der Waals surface area contributed by atoms with Gasteiger partial charge in [-0.1, -0.05) is 30.3 Å². The number of nitrogens with one attached hydrogen (secondary N) is 1. The van der Waals surface area contributed by atoms with Gasteiger partial charge in [0.2, 0.25) is 5.95 Å². The zero-order valence-electron chi connectivity index (χ0n) is 16.8. The van der Waals surface area contributed by atoms with Crippen molar-refractivity contribution in [3.8, 4) is 5.75 Å². The standard InChI is InChI=1S/C24H19N5OS/c1-31-17-10-8-15(9-11-17)23-20-21(18-6-2-3-7-19(18)30-23)28-24-26-14-27-29(24)22(20)16-5-4-12-25-13-16/h2-14,22-23H,1H3,(H,26,27,28)/t22-,23+/m1/s1. The minimum atomic E-state index is -0.268. The summed E-state index contributed by atoms with van der Waals surface area (Å²) < 4.78 is 8.53. The number of benzene rings is 2. The Morgan fingerprint density at radius 3 is 2.68 bits per heavy atom. The number of hydrogen-bond acceptors (Lipinski definition) is 6. The highest BCUT2D eigenvalue weighted by Crippen LogP contribution is 2.50. The van der Waals surface area contributed by atoms with Crippen molar-refractivity contribution < 1.29 is 4.74 Å². The number of thioether (sulfide) groups is 1. The molecule has 4 heterocycles. The second kappa shape index (κ2) is 7.28. The molecule has 2 aromatic heterocycles. The zero-order chi connectivity index (χ0) is 20.8. The smallest absolute Gasteiger partial charge is 0.226 e. The first-order valence-electron chi connectivity index (χ1n) is 10.0. The first kappa shape index (κ1) is 18.2. The molecule has 1 N–H and O–H groups in total. The first-order chi connectivity index (χ1) is 15.3. The molecule has 0 aliphatic carbocycles. The Kier molecular flexibility index (Phi) is 4.28. The van der Waals surface area contributed by atoms with Crippen LogP contribution in [0.25, 0.3) is 5.70 Å². The molecule has 0 radical (unpaired) electrons. The Morgan fingerprint density at radius 1 is 1.00 bits per heavy atom. The Balaban J connectivity index is 1.60. The molecule has 0 unspecified atom stereocenters. The van der Waals surface area contributed by atoms with E-state index in [0.29, 0.717) is 5.95 Å². The van der Waals surface area contributed by atoms with Gasteiger partial charge in [-0.15, -0.1) is 11.8 Å². The van der Waals surface area contributed by atoms with E-state index in [9.17, 15) is 0 Å². The van der Waals surface area contributed by atoms with Crippen LogP contribution < -0.4 is 10.1 Å². The molecule has 2 aliphatic heterocycles. The van der Waals surface area contributed by atoms with Crippen LogP contribution in [0.4, 0.5) is 5.95 Å². The first-order valence-corrected chi connectivity index (χ1v) is 11.3. The second-order valence-electron chi connectivity index (χ2n) is 7.44. The third-order valence-electron chi connectivity index (χ3n) is 5.74. The van der Waals surface area contributed by atoms with Crippen LogP contribution >= 0.6 is 11.8 Å². The number of hydrogen-bond donors (Lipinski definition) is 1. The minimum absolute atomic E-state index is 0.180. The van der Waals surface area contributed by atoms with E-state index in [2.05, 4.69) is 63.0 Å². The van der Waals surface area contributed by atoms with Gasteiger partial charge in [-0.2, -0.15) is 10.1 Å². The van der Waals surface area contributed by atoms with E-state index in [-0.39, 0.29) is 12.1 Å². The van der Waals surface area contributed by atoms with E-state index in [1.807, 2.05) is 35.1 Å². The summed E-state index contributed by atoms with van der Waals surface area (Å²) in [4.78, 5) is 10.1. The molecule has 31 heavy (non-hydrogen) atoms. The van der Waals surface area contributed by atoms with E-state index in [1.165, 1.54) is 4.90 Å². The lowest BCUT2D eigenvalue weighted by Gasteiger charge is -2.38. The minimum Gasteiger partial charge on any atom is -0.480 e. The lowest BCUT2D eigenvalue weighted by molar-refractivity contribution is 0.223. The summed E-state index contributed by atoms with van der Waals surface area (Å²) >= 11 is 1.73. The van der Waals surface area contributed by atoms with Gasteiger partial charge in [0.25, 0.3) is 0 Å². The molecule has 0 bridgehead atoms. The molecule has 0 amide bonds. The monoisotopic (exact) mass is 425 g/mol. The van der Waals surface area contributed by atoms with Gasteiger partial charge < -0.3 is 10.1 Å². The van der Waals surface area contributed by atoms with Gasteiger partial charge in [0, 0.05) is 28.4 Å². The van der Waals surface area contributed by atoms with Crippen LogP contribution in [0.15, 0.2) is 89.9 Å². The molecular formula is C24H19N5OS. The van der Waals surface area contributed by atoms with E-state index in [0.717, 1.165) is 33.7 Å². The molecule has 152 valence electrons. The molecular weight excluding hydrogens is 406 g/mol. The normalized spacial score (nSPS) is 19.0. The maximum atomic E-state index is 6.62. The summed E-state index contributed by atoms with van der Waals surface area (Å²) in [5.41, 5.74) is 5.28. The molecule has 0 saturated carbocycles. The van der Waals surface area contributed by atoms with Crippen LogP contribution in [0, 0.1) is 0 Å². The number of fused-ring (bicyclic) bond motifs is 3. The Morgan fingerprint density at radius 2 is 1.87 bits per heavy atom. The Hall–Kier alpha value is -3.58. The molecule has 2 aliphatic rings. The van der Waals surface area contributed by atoms with Crippen LogP contribution in [0.2, 0.25) is 0 Å². The molecule has 6 nitrogen and oxygen atoms in total. The van der Waals surface area contributed by atoms with Crippen molar-refractivity contribution >= 4 is 23.4 Å². The summed E-state index contributed by atoms with van der Waals surface area (Å²) in [5.74, 6) is 1.56. The predicted molar refractivity (Wildman–Crippen MR) is 121 cm³/mol. The van der Waals surface area contributed by atoms with Crippen LogP contribution in [0.1, 0.15) is 28.8 Å². The lowest BCUT2D eigenvalue weighted by Crippen LogP contribution is -2.32. The Bertz CT molecular complexity index is 1280. The van der Waals surface area contributed by atoms with Crippen LogP contribution in [0.3, 0.4) is 0 Å². The molecule has 4 aromatic rings. The third-order valence-corrected chi connectivity index (χ3v) is 6.48. The lowest BCUT2D eigenvalue weighted by atomic mass is 9.85. The molecule has 0 saturated heterocycles. The number of rotatable bonds is 3. The van der Waals surface area contributed by atoms with E-state index in [4.69, 9.17) is 4.74 Å². The maximum absolute atomic E-state index is 6.62. The van der Waals surface area contributed by atoms with Gasteiger partial charge in [-0.25, -0.2) is 4.68 Å². The Labute approximate surface area is 184 Å². The van der Waals surface area contributed by atoms with Gasteiger partial charge in [0.1, 0.15) is 24.2 Å². The van der Waals surface area contributed by atoms with Gasteiger partial charge in [-0.05, 0) is 47.7 Å². The topological polar surface area (TPSA) is 64.9 Å². The number of nitrogens with zero attached hydrogens (tertiary/aromatic N) is 4. The van der Waals surface area contributed by atoms with Crippen LogP contribution in [0.5, 0.6) is 5.75 Å². The van der Waals surface area contributed by atoms with E-state index in [1.54, 1.807) is 24.3 Å². The number of aromatic nitrogens is 4. The zero-order valence-corrected chi connectivity index (χ0v) is 17.6. The fraction of sp³-hybridized carbons (Fsp3) is 0.125. The van der Waals surface area contributed by atoms with Crippen LogP contribution in [-0.4, -0.2) is 26.0 Å². The largest absolute Gasteiger partial charge is 0.480 e. The quantitative estimate of drug-likeness (QED) is 0.468. The van der Waals surface area contributed by atoms with Gasteiger partial charge >= 0.3 is 0 Å². The summed E-state index contributed by atoms with van der Waals surface area (Å²) in [6, 6.07) is 20.5. The van der Waals surface area contributed by atoms with Gasteiger partial charge in [0.15, 0.2) is 0 Å². The van der Waals surface area contributed by atoms with Gasteiger partial charge in [0.05, 0.1) is 5.70 Å². The number of pyridine rings is 1. The van der Waals surface area contributed by atoms with E-state index < -0.39 is 0 Å². The molecule has 2 atom stereocenters. The van der Waals surface area contributed by atoms with Crippen LogP contribution in [-0.2, 0) is 0 Å². The number of para-hydroxylation sites is 1. The SMILES string of the molecule is CSc1ccc([C@@H]2Oc3ccccc3C3=C2[C@@H](c2cccnc2)n2ncnc2N3)cc1. The fourth-order valence-electron chi connectivity index (χ4n) is 4.33.